The van der Waals surface area contributed by atoms with Crippen LogP contribution in [0, 0.1) is 6.92 Å². The van der Waals surface area contributed by atoms with Crippen LogP contribution in [-0.2, 0) is 21.2 Å². The molecule has 0 bridgehead atoms. The first-order valence-corrected chi connectivity index (χ1v) is 11.9. The van der Waals surface area contributed by atoms with Gasteiger partial charge in [-0.15, -0.1) is 0 Å². The Balaban J connectivity index is 2.15. The second-order valence-corrected chi connectivity index (χ2v) is 9.73. The first-order chi connectivity index (χ1) is 12.8. The lowest BCUT2D eigenvalue weighted by atomic mass is 10.1. The van der Waals surface area contributed by atoms with Crippen LogP contribution in [0.3, 0.4) is 0 Å². The summed E-state index contributed by atoms with van der Waals surface area (Å²) in [5.41, 5.74) is 1.53. The van der Waals surface area contributed by atoms with E-state index in [2.05, 4.69) is 18.9 Å². The molecule has 6 nitrogen and oxygen atoms in total. The summed E-state index contributed by atoms with van der Waals surface area (Å²) in [6, 6.07) is -0.234. The minimum atomic E-state index is -3.04. The standard InChI is InChI=1S/C19H30ClN3O3S/c1-4-6-11-22(16-10-13-27(25,26)14-16)18(24)9-8-17-15(3)21-23(19(17)20)12-7-5-2/h8-9,16H,4-7,10-14H2,1-3H3/b9-8+. The van der Waals surface area contributed by atoms with Gasteiger partial charge in [-0.1, -0.05) is 38.3 Å². The number of hydrogen-bond acceptors (Lipinski definition) is 4. The van der Waals surface area contributed by atoms with E-state index in [1.807, 2.05) is 6.92 Å². The normalized spacial score (nSPS) is 19.0. The Morgan fingerprint density at radius 2 is 2.04 bits per heavy atom. The van der Waals surface area contributed by atoms with E-state index < -0.39 is 9.84 Å². The quantitative estimate of drug-likeness (QED) is 0.579. The van der Waals surface area contributed by atoms with Crippen molar-refractivity contribution in [2.24, 2.45) is 0 Å². The first kappa shape index (κ1) is 22.0. The van der Waals surface area contributed by atoms with Crippen LogP contribution in [0.2, 0.25) is 5.15 Å². The average Bonchev–Trinajstić information content (AvgIpc) is 3.10. The fourth-order valence-electron chi connectivity index (χ4n) is 3.29. The maximum atomic E-state index is 12.8. The molecule has 1 aromatic heterocycles. The van der Waals surface area contributed by atoms with E-state index >= 15 is 0 Å². The van der Waals surface area contributed by atoms with Gasteiger partial charge in [0.05, 0.1) is 17.2 Å². The second kappa shape index (κ2) is 9.73. The fourth-order valence-corrected chi connectivity index (χ4v) is 5.34. The summed E-state index contributed by atoms with van der Waals surface area (Å²) < 4.78 is 25.4. The summed E-state index contributed by atoms with van der Waals surface area (Å²) in [5, 5.41) is 4.98. The average molecular weight is 416 g/mol. The highest BCUT2D eigenvalue weighted by Gasteiger charge is 2.33. The van der Waals surface area contributed by atoms with Crippen molar-refractivity contribution in [3.8, 4) is 0 Å². The topological polar surface area (TPSA) is 72.3 Å². The third-order valence-electron chi connectivity index (χ3n) is 4.91. The monoisotopic (exact) mass is 415 g/mol. The second-order valence-electron chi connectivity index (χ2n) is 7.14. The summed E-state index contributed by atoms with van der Waals surface area (Å²) in [7, 11) is -3.04. The van der Waals surface area contributed by atoms with Gasteiger partial charge in [-0.2, -0.15) is 5.10 Å². The van der Waals surface area contributed by atoms with Crippen LogP contribution in [0.25, 0.3) is 6.08 Å². The number of rotatable bonds is 9. The predicted octanol–water partition coefficient (Wildman–Crippen LogP) is 3.47. The lowest BCUT2D eigenvalue weighted by Crippen LogP contribution is -2.40. The minimum Gasteiger partial charge on any atom is -0.335 e. The lowest BCUT2D eigenvalue weighted by molar-refractivity contribution is -0.127. The summed E-state index contributed by atoms with van der Waals surface area (Å²) in [6.45, 7) is 7.36. The lowest BCUT2D eigenvalue weighted by Gasteiger charge is -2.27. The molecule has 1 atom stereocenters. The van der Waals surface area contributed by atoms with Crippen LogP contribution in [-0.4, -0.2) is 53.1 Å². The van der Waals surface area contributed by atoms with E-state index in [-0.39, 0.29) is 23.5 Å². The Kier molecular flexibility index (Phi) is 7.91. The van der Waals surface area contributed by atoms with Crippen molar-refractivity contribution in [1.82, 2.24) is 14.7 Å². The Morgan fingerprint density at radius 1 is 1.33 bits per heavy atom. The molecule has 1 unspecified atom stereocenters. The number of aryl methyl sites for hydroxylation is 2. The fraction of sp³-hybridized carbons (Fsp3) is 0.684. The summed E-state index contributed by atoms with van der Waals surface area (Å²) >= 11 is 6.42. The largest absolute Gasteiger partial charge is 0.335 e. The van der Waals surface area contributed by atoms with Gasteiger partial charge in [-0.05, 0) is 32.3 Å². The number of carbonyl (C=O) groups is 1. The van der Waals surface area contributed by atoms with Crippen molar-refractivity contribution in [2.75, 3.05) is 18.1 Å². The molecule has 0 radical (unpaired) electrons. The van der Waals surface area contributed by atoms with Gasteiger partial charge in [0.1, 0.15) is 5.15 Å². The Labute approximate surface area is 167 Å². The van der Waals surface area contributed by atoms with Gasteiger partial charge in [-0.25, -0.2) is 8.42 Å². The summed E-state index contributed by atoms with van der Waals surface area (Å²) in [4.78, 5) is 14.5. The molecular formula is C19H30ClN3O3S. The zero-order valence-corrected chi connectivity index (χ0v) is 18.0. The molecule has 8 heteroatoms. The number of amides is 1. The van der Waals surface area contributed by atoms with Gasteiger partial charge in [0, 0.05) is 30.8 Å². The van der Waals surface area contributed by atoms with Gasteiger partial charge in [0.2, 0.25) is 5.91 Å². The van der Waals surface area contributed by atoms with Crippen LogP contribution < -0.4 is 0 Å². The van der Waals surface area contributed by atoms with Crippen molar-refractivity contribution in [2.45, 2.75) is 65.5 Å². The zero-order valence-electron chi connectivity index (χ0n) is 16.4. The number of halogens is 1. The number of aromatic nitrogens is 2. The number of nitrogens with zero attached hydrogens (tertiary/aromatic N) is 3. The number of sulfone groups is 1. The Bertz CT molecular complexity index is 786. The Morgan fingerprint density at radius 3 is 2.63 bits per heavy atom. The molecule has 0 saturated carbocycles. The molecule has 1 aromatic rings. The SMILES string of the molecule is CCCCN(C(=O)/C=C/c1c(C)nn(CCCC)c1Cl)C1CCS(=O)(=O)C1. The third kappa shape index (κ3) is 5.82. The third-order valence-corrected chi connectivity index (χ3v) is 7.06. The number of hydrogen-bond donors (Lipinski definition) is 0. The van der Waals surface area contributed by atoms with Crippen molar-refractivity contribution < 1.29 is 13.2 Å². The van der Waals surface area contributed by atoms with E-state index in [4.69, 9.17) is 11.6 Å². The van der Waals surface area contributed by atoms with Crippen LogP contribution in [0.4, 0.5) is 0 Å². The first-order valence-electron chi connectivity index (χ1n) is 9.71. The number of carbonyl (C=O) groups excluding carboxylic acids is 1. The molecule has 1 aliphatic rings. The molecule has 1 fully saturated rings. The molecule has 0 aliphatic carbocycles. The molecular weight excluding hydrogens is 386 g/mol. The van der Waals surface area contributed by atoms with Gasteiger partial charge < -0.3 is 4.90 Å². The van der Waals surface area contributed by atoms with E-state index in [1.54, 1.807) is 15.7 Å². The van der Waals surface area contributed by atoms with Crippen molar-refractivity contribution in [3.63, 3.8) is 0 Å². The maximum absolute atomic E-state index is 12.8. The van der Waals surface area contributed by atoms with Crippen LogP contribution in [0.1, 0.15) is 57.2 Å². The molecule has 1 aliphatic heterocycles. The predicted molar refractivity (Wildman–Crippen MR) is 110 cm³/mol. The number of unbranched alkanes of at least 4 members (excludes halogenated alkanes) is 2. The van der Waals surface area contributed by atoms with Gasteiger partial charge >= 0.3 is 0 Å². The molecule has 0 aromatic carbocycles. The maximum Gasteiger partial charge on any atom is 0.246 e. The van der Waals surface area contributed by atoms with E-state index in [0.717, 1.165) is 43.5 Å². The summed E-state index contributed by atoms with van der Waals surface area (Å²) in [5.74, 6) is 0.0552. The van der Waals surface area contributed by atoms with Crippen molar-refractivity contribution >= 4 is 33.4 Å². The molecule has 1 amide bonds. The molecule has 0 spiro atoms. The van der Waals surface area contributed by atoms with E-state index in [1.165, 1.54) is 6.08 Å². The molecule has 2 heterocycles. The smallest absolute Gasteiger partial charge is 0.246 e. The summed E-state index contributed by atoms with van der Waals surface area (Å²) in [6.07, 6.45) is 7.56. The minimum absolute atomic E-state index is 0.0605. The molecule has 152 valence electrons. The van der Waals surface area contributed by atoms with Gasteiger partial charge in [-0.3, -0.25) is 9.48 Å². The van der Waals surface area contributed by atoms with Crippen LogP contribution in [0.15, 0.2) is 6.08 Å². The highest BCUT2D eigenvalue weighted by Crippen LogP contribution is 2.23. The van der Waals surface area contributed by atoms with Gasteiger partial charge in [0.15, 0.2) is 9.84 Å². The highest BCUT2D eigenvalue weighted by molar-refractivity contribution is 7.91. The van der Waals surface area contributed by atoms with Crippen LogP contribution in [0.5, 0.6) is 0 Å². The molecule has 0 N–H and O–H groups in total. The van der Waals surface area contributed by atoms with Crippen LogP contribution >= 0.6 is 11.6 Å². The molecule has 27 heavy (non-hydrogen) atoms. The van der Waals surface area contributed by atoms with E-state index in [0.29, 0.717) is 18.1 Å². The zero-order chi connectivity index (χ0) is 20.0. The molecule has 2 rings (SSSR count). The highest BCUT2D eigenvalue weighted by atomic mass is 35.5. The van der Waals surface area contributed by atoms with Crippen molar-refractivity contribution in [3.05, 3.63) is 22.5 Å². The Hall–Kier alpha value is -1.34. The van der Waals surface area contributed by atoms with Gasteiger partial charge in [0.25, 0.3) is 0 Å². The van der Waals surface area contributed by atoms with Crippen molar-refractivity contribution in [1.29, 1.82) is 0 Å². The van der Waals surface area contributed by atoms with E-state index in [9.17, 15) is 13.2 Å². The molecule has 1 saturated heterocycles.